The highest BCUT2D eigenvalue weighted by atomic mass is 32.2. The fraction of sp³-hybridized carbons (Fsp3) is 0.793. The lowest BCUT2D eigenvalue weighted by Gasteiger charge is -2.44. The van der Waals surface area contributed by atoms with Gasteiger partial charge in [-0.3, -0.25) is 0 Å². The summed E-state index contributed by atoms with van der Waals surface area (Å²) in [6, 6.07) is 0. The third kappa shape index (κ3) is 6.99. The summed E-state index contributed by atoms with van der Waals surface area (Å²) in [5.74, 6) is 2.66. The number of fused-ring (bicyclic) bond motifs is 1. The average Bonchev–Trinajstić information content (AvgIpc) is 3.08. The lowest BCUT2D eigenvalue weighted by Crippen LogP contribution is -2.37. The van der Waals surface area contributed by atoms with Crippen LogP contribution < -0.4 is 0 Å². The number of rotatable bonds is 9. The molecule has 4 heteroatoms. The smallest absolute Gasteiger partial charge is 0.0811 e. The van der Waals surface area contributed by atoms with Crippen LogP contribution in [0.25, 0.3) is 0 Å². The number of hydrogen-bond donors (Lipinski definition) is 3. The Morgan fingerprint density at radius 3 is 2.67 bits per heavy atom. The van der Waals surface area contributed by atoms with Crippen LogP contribution in [0.5, 0.6) is 0 Å². The Labute approximate surface area is 206 Å². The van der Waals surface area contributed by atoms with Crippen LogP contribution in [0.15, 0.2) is 35.5 Å². The van der Waals surface area contributed by atoms with Crippen LogP contribution in [-0.4, -0.2) is 44.1 Å². The third-order valence-electron chi connectivity index (χ3n) is 8.68. The maximum absolute atomic E-state index is 10.2. The summed E-state index contributed by atoms with van der Waals surface area (Å²) in [4.78, 5) is 0. The maximum Gasteiger partial charge on any atom is 0.0811 e. The van der Waals surface area contributed by atoms with E-state index >= 15 is 0 Å². The molecule has 33 heavy (non-hydrogen) atoms. The van der Waals surface area contributed by atoms with Gasteiger partial charge >= 0.3 is 0 Å². The Hall–Kier alpha value is -0.550. The fourth-order valence-corrected chi connectivity index (χ4v) is 8.16. The van der Waals surface area contributed by atoms with Crippen molar-refractivity contribution in [2.45, 2.75) is 121 Å². The molecule has 0 spiro atoms. The fourth-order valence-electron chi connectivity index (χ4n) is 6.74. The first kappa shape index (κ1) is 27.0. The Kier molecular flexibility index (Phi) is 9.39. The molecule has 3 saturated carbocycles. The van der Waals surface area contributed by atoms with Gasteiger partial charge in [0.05, 0.1) is 17.8 Å². The molecule has 188 valence electrons. The van der Waals surface area contributed by atoms with Crippen molar-refractivity contribution in [2.75, 3.05) is 5.75 Å². The SMILES string of the molecule is C=C1/C(=C\C=C2/CCC[C@]3(C)[C@@H]([C@@H](C)SCCCCCC(C)(C)O)CC[C@@H]23)C[C@@H](O)C[C@@H]1O. The molecule has 3 nitrogen and oxygen atoms in total. The maximum atomic E-state index is 10.2. The summed E-state index contributed by atoms with van der Waals surface area (Å²) in [5, 5.41) is 30.8. The van der Waals surface area contributed by atoms with Gasteiger partial charge in [-0.05, 0) is 99.4 Å². The van der Waals surface area contributed by atoms with Gasteiger partial charge in [-0.25, -0.2) is 0 Å². The number of unbranched alkanes of at least 4 members (excludes halogenated alkanes) is 2. The minimum absolute atomic E-state index is 0.387. The van der Waals surface area contributed by atoms with E-state index in [1.807, 2.05) is 13.8 Å². The summed E-state index contributed by atoms with van der Waals surface area (Å²) in [5.41, 5.74) is 3.24. The molecule has 0 aliphatic heterocycles. The van der Waals surface area contributed by atoms with Gasteiger partial charge in [0.2, 0.25) is 0 Å². The lowest BCUT2D eigenvalue weighted by atomic mass is 9.63. The molecule has 3 rings (SSSR count). The largest absolute Gasteiger partial charge is 0.393 e. The number of allylic oxidation sites excluding steroid dienone is 3. The Morgan fingerprint density at radius 2 is 1.94 bits per heavy atom. The zero-order chi connectivity index (χ0) is 24.2. The first-order valence-electron chi connectivity index (χ1n) is 13.3. The van der Waals surface area contributed by atoms with Crippen LogP contribution in [0.4, 0.5) is 0 Å². The van der Waals surface area contributed by atoms with E-state index < -0.39 is 17.8 Å². The van der Waals surface area contributed by atoms with E-state index in [1.165, 1.54) is 50.7 Å². The zero-order valence-electron chi connectivity index (χ0n) is 21.5. The quantitative estimate of drug-likeness (QED) is 0.329. The Balaban J connectivity index is 1.57. The number of hydrogen-bond acceptors (Lipinski definition) is 4. The van der Waals surface area contributed by atoms with Gasteiger partial charge < -0.3 is 15.3 Å². The predicted molar refractivity (Wildman–Crippen MR) is 141 cm³/mol. The highest BCUT2D eigenvalue weighted by molar-refractivity contribution is 7.99. The van der Waals surface area contributed by atoms with E-state index in [4.69, 9.17) is 0 Å². The first-order valence-corrected chi connectivity index (χ1v) is 14.3. The molecule has 3 N–H and O–H groups in total. The molecule has 3 fully saturated rings. The first-order chi connectivity index (χ1) is 15.5. The minimum atomic E-state index is -0.612. The van der Waals surface area contributed by atoms with E-state index in [1.54, 1.807) is 5.57 Å². The van der Waals surface area contributed by atoms with Crippen LogP contribution in [0.1, 0.15) is 98.3 Å². The van der Waals surface area contributed by atoms with Gasteiger partial charge in [0.15, 0.2) is 0 Å². The van der Waals surface area contributed by atoms with Gasteiger partial charge in [-0.15, -0.1) is 0 Å². The average molecular weight is 477 g/mol. The van der Waals surface area contributed by atoms with Gasteiger partial charge in [0.25, 0.3) is 0 Å². The summed E-state index contributed by atoms with van der Waals surface area (Å²) < 4.78 is 0. The van der Waals surface area contributed by atoms with Crippen molar-refractivity contribution in [1.82, 2.24) is 0 Å². The highest BCUT2D eigenvalue weighted by Gasteiger charge is 2.50. The summed E-state index contributed by atoms with van der Waals surface area (Å²) in [7, 11) is 0. The van der Waals surface area contributed by atoms with E-state index in [9.17, 15) is 15.3 Å². The molecule has 0 amide bonds. The van der Waals surface area contributed by atoms with Crippen molar-refractivity contribution in [1.29, 1.82) is 0 Å². The van der Waals surface area contributed by atoms with Crippen molar-refractivity contribution in [3.05, 3.63) is 35.5 Å². The number of aliphatic hydroxyl groups is 3. The second kappa shape index (κ2) is 11.5. The monoisotopic (exact) mass is 476 g/mol. The molecule has 0 aromatic carbocycles. The molecule has 3 aliphatic carbocycles. The van der Waals surface area contributed by atoms with E-state index in [-0.39, 0.29) is 0 Å². The van der Waals surface area contributed by atoms with Crippen molar-refractivity contribution >= 4 is 11.8 Å². The molecular weight excluding hydrogens is 428 g/mol. The van der Waals surface area contributed by atoms with Gasteiger partial charge in [0, 0.05) is 11.7 Å². The summed E-state index contributed by atoms with van der Waals surface area (Å²) in [6.07, 6.45) is 15.3. The molecule has 0 aromatic heterocycles. The third-order valence-corrected chi connectivity index (χ3v) is 10.1. The highest BCUT2D eigenvalue weighted by Crippen LogP contribution is 2.59. The van der Waals surface area contributed by atoms with Crippen molar-refractivity contribution in [3.63, 3.8) is 0 Å². The second-order valence-electron chi connectivity index (χ2n) is 11.9. The van der Waals surface area contributed by atoms with Gasteiger partial charge in [0.1, 0.15) is 0 Å². The molecule has 0 bridgehead atoms. The predicted octanol–water partition coefficient (Wildman–Crippen LogP) is 6.58. The van der Waals surface area contributed by atoms with Crippen LogP contribution in [-0.2, 0) is 0 Å². The zero-order valence-corrected chi connectivity index (χ0v) is 22.3. The molecule has 6 atom stereocenters. The van der Waals surface area contributed by atoms with Crippen molar-refractivity contribution in [3.8, 4) is 0 Å². The number of thioether (sulfide) groups is 1. The van der Waals surface area contributed by atoms with E-state index in [0.717, 1.165) is 29.9 Å². The van der Waals surface area contributed by atoms with Gasteiger partial charge in [-0.2, -0.15) is 11.8 Å². The molecule has 0 heterocycles. The van der Waals surface area contributed by atoms with Crippen molar-refractivity contribution in [2.24, 2.45) is 17.3 Å². The number of aliphatic hydroxyl groups excluding tert-OH is 2. The summed E-state index contributed by atoms with van der Waals surface area (Å²) >= 11 is 2.16. The van der Waals surface area contributed by atoms with E-state index in [2.05, 4.69) is 44.3 Å². The van der Waals surface area contributed by atoms with Crippen LogP contribution in [0.2, 0.25) is 0 Å². The Bertz CT molecular complexity index is 734. The molecule has 0 unspecified atom stereocenters. The normalized spacial score (nSPS) is 36.4. The molecule has 3 aliphatic rings. The van der Waals surface area contributed by atoms with Crippen LogP contribution >= 0.6 is 11.8 Å². The van der Waals surface area contributed by atoms with Crippen LogP contribution in [0.3, 0.4) is 0 Å². The Morgan fingerprint density at radius 1 is 1.18 bits per heavy atom. The lowest BCUT2D eigenvalue weighted by molar-refractivity contribution is 0.0682. The van der Waals surface area contributed by atoms with Crippen LogP contribution in [0, 0.1) is 17.3 Å². The molecular formula is C29H48O3S. The van der Waals surface area contributed by atoms with Crippen molar-refractivity contribution < 1.29 is 15.3 Å². The topological polar surface area (TPSA) is 60.7 Å². The van der Waals surface area contributed by atoms with E-state index in [0.29, 0.717) is 29.4 Å². The summed E-state index contributed by atoms with van der Waals surface area (Å²) in [6.45, 7) is 12.9. The standard InChI is InChI=1S/C29H48O3S/c1-20-23(18-24(30)19-27(20)31)12-11-22-10-9-16-29(5)25(13-14-26(22)29)21(2)33-17-8-6-7-15-28(3,4)32/h11-12,21,24-27,30-32H,1,6-10,13-19H2,2-5H3/b22-11+,23-12-/t21-,24-,25-,26+,27+,29-/m1/s1. The minimum Gasteiger partial charge on any atom is -0.393 e. The van der Waals surface area contributed by atoms with Gasteiger partial charge in [-0.1, -0.05) is 51.0 Å². The second-order valence-corrected chi connectivity index (χ2v) is 13.3. The molecule has 0 saturated heterocycles. The molecule has 0 radical (unpaired) electrons. The molecule has 0 aromatic rings.